The van der Waals surface area contributed by atoms with Gasteiger partial charge < -0.3 is 14.7 Å². The molecule has 3 atom stereocenters. The minimum atomic E-state index is -0.236. The molecule has 2 saturated heterocycles. The fraction of sp³-hybridized carbons (Fsp3) is 0.571. The Bertz CT molecular complexity index is 732. The summed E-state index contributed by atoms with van der Waals surface area (Å²) in [5.41, 5.74) is 2.14. The third kappa shape index (κ3) is 3.03. The molecule has 26 heavy (non-hydrogen) atoms. The van der Waals surface area contributed by atoms with Crippen LogP contribution in [-0.2, 0) is 4.79 Å². The Kier molecular flexibility index (Phi) is 4.53. The predicted molar refractivity (Wildman–Crippen MR) is 101 cm³/mol. The van der Waals surface area contributed by atoms with Crippen molar-refractivity contribution >= 4 is 12.0 Å². The molecular formula is C21H28N2O3. The van der Waals surface area contributed by atoms with Crippen LogP contribution in [0, 0.1) is 5.92 Å². The highest BCUT2D eigenvalue weighted by molar-refractivity contribution is 5.73. The number of aliphatic hydroxyl groups excluding tert-OH is 1. The minimum Gasteiger partial charge on any atom is -0.489 e. The molecule has 4 rings (SSSR count). The zero-order chi connectivity index (χ0) is 18.3. The first kappa shape index (κ1) is 17.6. The fourth-order valence-electron chi connectivity index (χ4n) is 4.94. The summed E-state index contributed by atoms with van der Waals surface area (Å²) < 4.78 is 5.92. The quantitative estimate of drug-likeness (QED) is 0.902. The maximum atomic E-state index is 11.8. The molecule has 0 spiro atoms. The summed E-state index contributed by atoms with van der Waals surface area (Å²) >= 11 is 0. The molecule has 1 aromatic rings. The number of fused-ring (bicyclic) bond motifs is 2. The van der Waals surface area contributed by atoms with E-state index in [1.54, 1.807) is 6.92 Å². The Morgan fingerprint density at radius 1 is 1.38 bits per heavy atom. The number of benzene rings is 1. The number of carbonyl (C=O) groups is 1. The van der Waals surface area contributed by atoms with Gasteiger partial charge in [0.2, 0.25) is 5.91 Å². The van der Waals surface area contributed by atoms with Crippen molar-refractivity contribution in [1.82, 2.24) is 9.80 Å². The second-order valence-electron chi connectivity index (χ2n) is 8.20. The molecule has 3 aliphatic heterocycles. The van der Waals surface area contributed by atoms with Gasteiger partial charge in [0, 0.05) is 43.7 Å². The number of hydrogen-bond donors (Lipinski definition) is 1. The molecule has 0 aliphatic carbocycles. The van der Waals surface area contributed by atoms with E-state index in [-0.39, 0.29) is 18.1 Å². The van der Waals surface area contributed by atoms with Gasteiger partial charge in [-0.05, 0) is 43.4 Å². The van der Waals surface area contributed by atoms with Crippen LogP contribution in [0.3, 0.4) is 0 Å². The first-order valence-corrected chi connectivity index (χ1v) is 9.54. The molecule has 2 fully saturated rings. The average Bonchev–Trinajstić information content (AvgIpc) is 2.93. The normalized spacial score (nSPS) is 31.0. The van der Waals surface area contributed by atoms with Crippen molar-refractivity contribution in [2.45, 2.75) is 38.3 Å². The van der Waals surface area contributed by atoms with Gasteiger partial charge in [0.25, 0.3) is 0 Å². The van der Waals surface area contributed by atoms with Crippen molar-refractivity contribution in [3.8, 4) is 5.75 Å². The van der Waals surface area contributed by atoms with Gasteiger partial charge in [-0.1, -0.05) is 18.2 Å². The lowest BCUT2D eigenvalue weighted by molar-refractivity contribution is -0.131. The summed E-state index contributed by atoms with van der Waals surface area (Å²) in [7, 11) is 0. The summed E-state index contributed by atoms with van der Waals surface area (Å²) in [6.07, 6.45) is 4.14. The Morgan fingerprint density at radius 2 is 2.19 bits per heavy atom. The molecule has 5 nitrogen and oxygen atoms in total. The van der Waals surface area contributed by atoms with Gasteiger partial charge in [-0.25, -0.2) is 0 Å². The van der Waals surface area contributed by atoms with E-state index in [1.165, 1.54) is 5.57 Å². The van der Waals surface area contributed by atoms with Crippen LogP contribution in [0.2, 0.25) is 0 Å². The first-order chi connectivity index (χ1) is 12.5. The number of amides is 1. The topological polar surface area (TPSA) is 53.0 Å². The summed E-state index contributed by atoms with van der Waals surface area (Å²) in [6, 6.07) is 8.53. The molecular weight excluding hydrogens is 328 g/mol. The molecule has 3 heterocycles. The Balaban J connectivity index is 1.55. The number of aliphatic hydroxyl groups is 1. The van der Waals surface area contributed by atoms with E-state index in [0.29, 0.717) is 18.6 Å². The van der Waals surface area contributed by atoms with Crippen molar-refractivity contribution < 1.29 is 14.6 Å². The summed E-state index contributed by atoms with van der Waals surface area (Å²) in [5, 5.41) is 10.1. The SMILES string of the molecule is CC(=O)N1CC[C@H]2[C@H](C1)C[C@](C)(CO)N2CC1=Cc2ccccc2OC1. The number of likely N-dealkylation sites (tertiary alicyclic amines) is 2. The van der Waals surface area contributed by atoms with E-state index in [2.05, 4.69) is 24.0 Å². The third-order valence-corrected chi connectivity index (χ3v) is 6.34. The number of hydrogen-bond acceptors (Lipinski definition) is 4. The molecule has 3 aliphatic rings. The van der Waals surface area contributed by atoms with Crippen LogP contribution >= 0.6 is 0 Å². The van der Waals surface area contributed by atoms with Crippen LogP contribution in [0.25, 0.3) is 6.08 Å². The highest BCUT2D eigenvalue weighted by Crippen LogP contribution is 2.42. The van der Waals surface area contributed by atoms with Crippen molar-refractivity contribution in [3.05, 3.63) is 35.4 Å². The van der Waals surface area contributed by atoms with E-state index in [9.17, 15) is 9.90 Å². The average molecular weight is 356 g/mol. The van der Waals surface area contributed by atoms with E-state index < -0.39 is 0 Å². The molecule has 140 valence electrons. The van der Waals surface area contributed by atoms with Crippen LogP contribution in [0.1, 0.15) is 32.3 Å². The third-order valence-electron chi connectivity index (χ3n) is 6.34. The van der Waals surface area contributed by atoms with Gasteiger partial charge in [-0.15, -0.1) is 0 Å². The van der Waals surface area contributed by atoms with E-state index >= 15 is 0 Å². The zero-order valence-corrected chi connectivity index (χ0v) is 15.6. The summed E-state index contributed by atoms with van der Waals surface area (Å²) in [6.45, 7) is 6.99. The van der Waals surface area contributed by atoms with Crippen molar-refractivity contribution in [3.63, 3.8) is 0 Å². The number of para-hydroxylation sites is 1. The highest BCUT2D eigenvalue weighted by Gasteiger charge is 2.50. The van der Waals surface area contributed by atoms with Crippen molar-refractivity contribution in [2.24, 2.45) is 5.92 Å². The zero-order valence-electron chi connectivity index (χ0n) is 15.6. The lowest BCUT2D eigenvalue weighted by Gasteiger charge is -2.41. The number of rotatable bonds is 3. The second kappa shape index (κ2) is 6.71. The first-order valence-electron chi connectivity index (χ1n) is 9.54. The van der Waals surface area contributed by atoms with Crippen LogP contribution < -0.4 is 4.74 Å². The van der Waals surface area contributed by atoms with Gasteiger partial charge in [0.1, 0.15) is 12.4 Å². The van der Waals surface area contributed by atoms with Gasteiger partial charge >= 0.3 is 0 Å². The maximum Gasteiger partial charge on any atom is 0.219 e. The Labute approximate surface area is 155 Å². The molecule has 1 N–H and O–H groups in total. The smallest absolute Gasteiger partial charge is 0.219 e. The van der Waals surface area contributed by atoms with Crippen LogP contribution in [0.4, 0.5) is 0 Å². The second-order valence-corrected chi connectivity index (χ2v) is 8.20. The van der Waals surface area contributed by atoms with Crippen LogP contribution in [0.15, 0.2) is 29.8 Å². The van der Waals surface area contributed by atoms with Crippen LogP contribution in [0.5, 0.6) is 5.75 Å². The van der Waals surface area contributed by atoms with Gasteiger partial charge in [0.15, 0.2) is 0 Å². The molecule has 0 bridgehead atoms. The van der Waals surface area contributed by atoms with E-state index in [1.807, 2.05) is 23.1 Å². The predicted octanol–water partition coefficient (Wildman–Crippen LogP) is 2.16. The number of piperidine rings is 1. The minimum absolute atomic E-state index is 0.144. The highest BCUT2D eigenvalue weighted by atomic mass is 16.5. The van der Waals surface area contributed by atoms with Crippen LogP contribution in [-0.4, -0.2) is 65.2 Å². The lowest BCUT2D eigenvalue weighted by Crippen LogP contribution is -2.52. The van der Waals surface area contributed by atoms with Gasteiger partial charge in [0.05, 0.1) is 6.61 Å². The number of carbonyl (C=O) groups excluding carboxylic acids is 1. The monoisotopic (exact) mass is 356 g/mol. The Morgan fingerprint density at radius 3 is 2.96 bits per heavy atom. The van der Waals surface area contributed by atoms with E-state index in [0.717, 1.165) is 43.8 Å². The molecule has 1 amide bonds. The maximum absolute atomic E-state index is 11.8. The Hall–Kier alpha value is -1.85. The summed E-state index contributed by atoms with van der Waals surface area (Å²) in [5.74, 6) is 1.53. The molecule has 1 aromatic carbocycles. The lowest BCUT2D eigenvalue weighted by atomic mass is 9.89. The van der Waals surface area contributed by atoms with Crippen molar-refractivity contribution in [1.29, 1.82) is 0 Å². The molecule has 5 heteroatoms. The fourth-order valence-corrected chi connectivity index (χ4v) is 4.94. The largest absolute Gasteiger partial charge is 0.489 e. The summed E-state index contributed by atoms with van der Waals surface area (Å²) in [4.78, 5) is 16.2. The molecule has 0 radical (unpaired) electrons. The number of ether oxygens (including phenoxy) is 1. The molecule has 0 unspecified atom stereocenters. The van der Waals surface area contributed by atoms with Gasteiger partial charge in [-0.3, -0.25) is 9.69 Å². The van der Waals surface area contributed by atoms with E-state index in [4.69, 9.17) is 4.74 Å². The molecule has 0 aromatic heterocycles. The van der Waals surface area contributed by atoms with Crippen molar-refractivity contribution in [2.75, 3.05) is 32.8 Å². The standard InChI is InChI=1S/C21H28N2O3/c1-15(25)22-8-7-19-18(12-22)10-21(2,14-24)23(19)11-16-9-17-5-3-4-6-20(17)26-13-16/h3-6,9,18-19,24H,7-8,10-14H2,1-2H3/t18-,19-,21+/m0/s1. The molecule has 0 saturated carbocycles. The van der Waals surface area contributed by atoms with Gasteiger partial charge in [-0.2, -0.15) is 0 Å². The number of nitrogens with zero attached hydrogens (tertiary/aromatic N) is 2.